The number of halogens is 1. The summed E-state index contributed by atoms with van der Waals surface area (Å²) in [5.74, 6) is 0. The van der Waals surface area contributed by atoms with Gasteiger partial charge in [-0.15, -0.1) is 0 Å². The van der Waals surface area contributed by atoms with Crippen LogP contribution in [0.1, 0.15) is 42.4 Å². The van der Waals surface area contributed by atoms with E-state index < -0.39 is 0 Å². The summed E-state index contributed by atoms with van der Waals surface area (Å²) in [6, 6.07) is 8.85. The van der Waals surface area contributed by atoms with E-state index in [9.17, 15) is 0 Å². The Kier molecular flexibility index (Phi) is 4.84. The molecule has 1 atom stereocenters. The highest BCUT2D eigenvalue weighted by Gasteiger charge is 2.13. The molecule has 1 heterocycles. The first kappa shape index (κ1) is 15.1. The molecule has 2 aromatic rings. The second-order valence-electron chi connectivity index (χ2n) is 5.18. The van der Waals surface area contributed by atoms with Crippen molar-refractivity contribution in [1.29, 1.82) is 0 Å². The summed E-state index contributed by atoms with van der Waals surface area (Å²) >= 11 is 6.32. The third-order valence-corrected chi connectivity index (χ3v) is 4.06. The van der Waals surface area contributed by atoms with Crippen molar-refractivity contribution in [2.45, 2.75) is 46.8 Å². The first-order valence-electron chi connectivity index (χ1n) is 7.04. The minimum absolute atomic E-state index is 0.284. The van der Waals surface area contributed by atoms with E-state index in [1.807, 2.05) is 11.6 Å². The summed E-state index contributed by atoms with van der Waals surface area (Å²) in [6.07, 6.45) is 0. The Morgan fingerprint density at radius 3 is 2.75 bits per heavy atom. The third-order valence-electron chi connectivity index (χ3n) is 3.57. The summed E-state index contributed by atoms with van der Waals surface area (Å²) in [6.45, 7) is 9.87. The van der Waals surface area contributed by atoms with E-state index >= 15 is 0 Å². The van der Waals surface area contributed by atoms with E-state index in [1.54, 1.807) is 0 Å². The Morgan fingerprint density at radius 1 is 1.35 bits per heavy atom. The number of rotatable bonds is 5. The van der Waals surface area contributed by atoms with Gasteiger partial charge in [0.25, 0.3) is 0 Å². The number of benzene rings is 1. The number of nitrogens with one attached hydrogen (secondary N) is 1. The van der Waals surface area contributed by atoms with E-state index in [1.165, 1.54) is 11.1 Å². The van der Waals surface area contributed by atoms with Gasteiger partial charge in [0.05, 0.1) is 16.4 Å². The SMILES string of the molecule is CCn1nc(C)c(Cl)c1CN[C@@H](C)c1cccc(C)c1. The molecule has 0 aliphatic rings. The Morgan fingerprint density at radius 2 is 2.10 bits per heavy atom. The molecule has 0 fully saturated rings. The van der Waals surface area contributed by atoms with E-state index in [2.05, 4.69) is 55.5 Å². The Hall–Kier alpha value is -1.32. The number of aryl methyl sites for hydroxylation is 3. The maximum absolute atomic E-state index is 6.32. The van der Waals surface area contributed by atoms with Crippen LogP contribution in [-0.4, -0.2) is 9.78 Å². The lowest BCUT2D eigenvalue weighted by molar-refractivity contribution is 0.531. The Bertz CT molecular complexity index is 589. The fourth-order valence-corrected chi connectivity index (χ4v) is 2.55. The van der Waals surface area contributed by atoms with Crippen LogP contribution in [0.5, 0.6) is 0 Å². The van der Waals surface area contributed by atoms with Crippen LogP contribution in [-0.2, 0) is 13.1 Å². The van der Waals surface area contributed by atoms with Crippen LogP contribution in [0, 0.1) is 13.8 Å². The highest BCUT2D eigenvalue weighted by Crippen LogP contribution is 2.21. The average Bonchev–Trinajstić information content (AvgIpc) is 2.71. The van der Waals surface area contributed by atoms with Gasteiger partial charge in [-0.3, -0.25) is 4.68 Å². The van der Waals surface area contributed by atoms with Crippen molar-refractivity contribution >= 4 is 11.6 Å². The second kappa shape index (κ2) is 6.42. The molecule has 0 bridgehead atoms. The van der Waals surface area contributed by atoms with Gasteiger partial charge >= 0.3 is 0 Å². The van der Waals surface area contributed by atoms with Gasteiger partial charge in [0, 0.05) is 19.1 Å². The van der Waals surface area contributed by atoms with Crippen molar-refractivity contribution in [3.63, 3.8) is 0 Å². The normalized spacial score (nSPS) is 12.7. The van der Waals surface area contributed by atoms with Gasteiger partial charge < -0.3 is 5.32 Å². The molecule has 0 saturated carbocycles. The smallest absolute Gasteiger partial charge is 0.0860 e. The molecule has 0 saturated heterocycles. The lowest BCUT2D eigenvalue weighted by atomic mass is 10.1. The van der Waals surface area contributed by atoms with Crippen molar-refractivity contribution < 1.29 is 0 Å². The minimum Gasteiger partial charge on any atom is -0.305 e. The molecule has 0 aliphatic heterocycles. The molecular formula is C16H22ClN3. The second-order valence-corrected chi connectivity index (χ2v) is 5.56. The first-order chi connectivity index (χ1) is 9.52. The fourth-order valence-electron chi connectivity index (χ4n) is 2.34. The molecular weight excluding hydrogens is 270 g/mol. The number of hydrogen-bond acceptors (Lipinski definition) is 2. The van der Waals surface area contributed by atoms with E-state index in [4.69, 9.17) is 11.6 Å². The van der Waals surface area contributed by atoms with Crippen LogP contribution in [0.4, 0.5) is 0 Å². The van der Waals surface area contributed by atoms with Gasteiger partial charge in [0.1, 0.15) is 0 Å². The van der Waals surface area contributed by atoms with Crippen molar-refractivity contribution in [2.75, 3.05) is 0 Å². The van der Waals surface area contributed by atoms with Gasteiger partial charge in [-0.05, 0) is 33.3 Å². The molecule has 20 heavy (non-hydrogen) atoms. The zero-order valence-corrected chi connectivity index (χ0v) is 13.3. The Balaban J connectivity index is 2.09. The molecule has 0 amide bonds. The molecule has 2 rings (SSSR count). The van der Waals surface area contributed by atoms with Crippen LogP contribution >= 0.6 is 11.6 Å². The maximum Gasteiger partial charge on any atom is 0.0860 e. The summed E-state index contributed by atoms with van der Waals surface area (Å²) in [7, 11) is 0. The maximum atomic E-state index is 6.32. The molecule has 4 heteroatoms. The zero-order valence-electron chi connectivity index (χ0n) is 12.6. The highest BCUT2D eigenvalue weighted by molar-refractivity contribution is 6.31. The molecule has 0 radical (unpaired) electrons. The molecule has 0 spiro atoms. The molecule has 1 N–H and O–H groups in total. The van der Waals surface area contributed by atoms with Crippen LogP contribution in [0.2, 0.25) is 5.02 Å². The number of hydrogen-bond donors (Lipinski definition) is 1. The lowest BCUT2D eigenvalue weighted by Crippen LogP contribution is -2.20. The van der Waals surface area contributed by atoms with E-state index in [0.29, 0.717) is 0 Å². The van der Waals surface area contributed by atoms with Gasteiger partial charge in [0.2, 0.25) is 0 Å². The summed E-state index contributed by atoms with van der Waals surface area (Å²) in [5.41, 5.74) is 4.53. The predicted octanol–water partition coefficient (Wildman–Crippen LogP) is 4.02. The third kappa shape index (κ3) is 3.22. The van der Waals surface area contributed by atoms with Gasteiger partial charge in [0.15, 0.2) is 0 Å². The minimum atomic E-state index is 0.284. The lowest BCUT2D eigenvalue weighted by Gasteiger charge is -2.15. The average molecular weight is 292 g/mol. The number of nitrogens with zero attached hydrogens (tertiary/aromatic N) is 2. The summed E-state index contributed by atoms with van der Waals surface area (Å²) in [5, 5.41) is 8.74. The molecule has 1 aromatic carbocycles. The standard InChI is InChI=1S/C16H22ClN3/c1-5-20-15(16(17)13(4)19-20)10-18-12(3)14-8-6-7-11(2)9-14/h6-9,12,18H,5,10H2,1-4H3/t12-/m0/s1. The van der Waals surface area contributed by atoms with Crippen molar-refractivity contribution in [1.82, 2.24) is 15.1 Å². The highest BCUT2D eigenvalue weighted by atomic mass is 35.5. The van der Waals surface area contributed by atoms with E-state index in [-0.39, 0.29) is 6.04 Å². The molecule has 0 aliphatic carbocycles. The quantitative estimate of drug-likeness (QED) is 0.901. The first-order valence-corrected chi connectivity index (χ1v) is 7.42. The number of aromatic nitrogens is 2. The van der Waals surface area contributed by atoms with Gasteiger partial charge in [-0.1, -0.05) is 41.4 Å². The fraction of sp³-hybridized carbons (Fsp3) is 0.438. The summed E-state index contributed by atoms with van der Waals surface area (Å²) in [4.78, 5) is 0. The predicted molar refractivity (Wildman–Crippen MR) is 84.1 cm³/mol. The van der Waals surface area contributed by atoms with Crippen LogP contribution in [0.15, 0.2) is 24.3 Å². The van der Waals surface area contributed by atoms with Gasteiger partial charge in [-0.25, -0.2) is 0 Å². The topological polar surface area (TPSA) is 29.9 Å². The molecule has 0 unspecified atom stereocenters. The van der Waals surface area contributed by atoms with Gasteiger partial charge in [-0.2, -0.15) is 5.10 Å². The summed E-state index contributed by atoms with van der Waals surface area (Å²) < 4.78 is 1.97. The zero-order chi connectivity index (χ0) is 14.7. The van der Waals surface area contributed by atoms with Crippen LogP contribution < -0.4 is 5.32 Å². The van der Waals surface area contributed by atoms with Crippen LogP contribution in [0.25, 0.3) is 0 Å². The monoisotopic (exact) mass is 291 g/mol. The molecule has 108 valence electrons. The molecule has 3 nitrogen and oxygen atoms in total. The van der Waals surface area contributed by atoms with E-state index in [0.717, 1.165) is 29.5 Å². The Labute approximate surface area is 126 Å². The van der Waals surface area contributed by atoms with Crippen molar-refractivity contribution in [2.24, 2.45) is 0 Å². The largest absolute Gasteiger partial charge is 0.305 e. The van der Waals surface area contributed by atoms with Crippen LogP contribution in [0.3, 0.4) is 0 Å². The molecule has 1 aromatic heterocycles. The van der Waals surface area contributed by atoms with Crippen molar-refractivity contribution in [3.8, 4) is 0 Å². The van der Waals surface area contributed by atoms with Crippen molar-refractivity contribution in [3.05, 3.63) is 51.8 Å².